The summed E-state index contributed by atoms with van der Waals surface area (Å²) in [6.45, 7) is 3.97. The minimum Gasteiger partial charge on any atom is -0.480 e. The Bertz CT molecular complexity index is 210. The van der Waals surface area contributed by atoms with Gasteiger partial charge in [-0.05, 0) is 20.9 Å². The van der Waals surface area contributed by atoms with Crippen LogP contribution in [0.25, 0.3) is 0 Å². The molecule has 62 valence electrons. The highest BCUT2D eigenvalue weighted by molar-refractivity contribution is 5.77. The molecule has 0 aromatic heterocycles. The summed E-state index contributed by atoms with van der Waals surface area (Å²) in [5.41, 5.74) is 1.14. The maximum Gasteiger partial charge on any atom is 0.324 e. The molecule has 0 amide bonds. The third kappa shape index (κ3) is 1.28. The summed E-state index contributed by atoms with van der Waals surface area (Å²) in [7, 11) is 1.83. The van der Waals surface area contributed by atoms with Crippen LogP contribution in [0.15, 0.2) is 11.6 Å². The van der Waals surface area contributed by atoms with Crippen LogP contribution in [-0.2, 0) is 4.79 Å². The van der Waals surface area contributed by atoms with E-state index in [0.29, 0.717) is 0 Å². The van der Waals surface area contributed by atoms with Gasteiger partial charge in [-0.25, -0.2) is 0 Å². The number of hydrogen-bond donors (Lipinski definition) is 1. The Morgan fingerprint density at radius 3 is 2.45 bits per heavy atom. The zero-order valence-electron chi connectivity index (χ0n) is 7.03. The number of carboxylic acids is 1. The molecule has 0 aromatic carbocycles. The van der Waals surface area contributed by atoms with Crippen LogP contribution in [0.5, 0.6) is 0 Å². The van der Waals surface area contributed by atoms with E-state index in [1.807, 2.05) is 25.8 Å². The van der Waals surface area contributed by atoms with Crippen molar-refractivity contribution in [2.75, 3.05) is 7.05 Å². The van der Waals surface area contributed by atoms with E-state index in [1.165, 1.54) is 0 Å². The van der Waals surface area contributed by atoms with Gasteiger partial charge < -0.3 is 5.11 Å². The highest BCUT2D eigenvalue weighted by Gasteiger charge is 2.30. The third-order valence-corrected chi connectivity index (χ3v) is 2.38. The van der Waals surface area contributed by atoms with Crippen LogP contribution >= 0.6 is 0 Å². The van der Waals surface area contributed by atoms with Crippen LogP contribution < -0.4 is 0 Å². The lowest BCUT2D eigenvalue weighted by molar-refractivity contribution is -0.140. The Morgan fingerprint density at radius 1 is 1.73 bits per heavy atom. The molecule has 1 N–H and O–H groups in total. The zero-order chi connectivity index (χ0) is 8.59. The summed E-state index contributed by atoms with van der Waals surface area (Å²) in [4.78, 5) is 12.5. The molecule has 11 heavy (non-hydrogen) atoms. The fourth-order valence-electron chi connectivity index (χ4n) is 1.31. The summed E-state index contributed by atoms with van der Waals surface area (Å²) < 4.78 is 0. The lowest BCUT2D eigenvalue weighted by Gasteiger charge is -2.20. The van der Waals surface area contributed by atoms with Gasteiger partial charge in [-0.2, -0.15) is 0 Å². The molecule has 1 aliphatic rings. The normalized spacial score (nSPS) is 32.1. The van der Waals surface area contributed by atoms with E-state index in [2.05, 4.69) is 0 Å². The molecule has 0 bridgehead atoms. The molecule has 0 aromatic rings. The minimum atomic E-state index is -0.767. The topological polar surface area (TPSA) is 40.5 Å². The van der Waals surface area contributed by atoms with Gasteiger partial charge in [0.15, 0.2) is 0 Å². The first kappa shape index (κ1) is 8.27. The standard InChI is InChI=1S/C8H13NO2/c1-5-4-7(8(10)11)9(3)6(5)2/h4,6-7H,1-3H3,(H,10,11). The van der Waals surface area contributed by atoms with Crippen molar-refractivity contribution < 1.29 is 9.90 Å². The predicted molar refractivity (Wildman–Crippen MR) is 42.4 cm³/mol. The van der Waals surface area contributed by atoms with Crippen LogP contribution in [0.1, 0.15) is 13.8 Å². The second-order valence-corrected chi connectivity index (χ2v) is 3.04. The third-order valence-electron chi connectivity index (χ3n) is 2.38. The van der Waals surface area contributed by atoms with E-state index in [9.17, 15) is 4.79 Å². The summed E-state index contributed by atoms with van der Waals surface area (Å²) >= 11 is 0. The second-order valence-electron chi connectivity index (χ2n) is 3.04. The van der Waals surface area contributed by atoms with E-state index in [4.69, 9.17) is 5.11 Å². The van der Waals surface area contributed by atoms with E-state index in [-0.39, 0.29) is 6.04 Å². The maximum atomic E-state index is 10.6. The minimum absolute atomic E-state index is 0.260. The number of carboxylic acid groups (broad SMARTS) is 1. The van der Waals surface area contributed by atoms with Crippen molar-refractivity contribution in [2.45, 2.75) is 25.9 Å². The SMILES string of the molecule is CC1=CC(C(=O)O)N(C)C1C. The number of aliphatic carboxylic acids is 1. The van der Waals surface area contributed by atoms with E-state index >= 15 is 0 Å². The molecule has 1 aliphatic heterocycles. The Kier molecular flexibility index (Phi) is 2.00. The van der Waals surface area contributed by atoms with E-state index in [1.54, 1.807) is 6.08 Å². The Morgan fingerprint density at radius 2 is 2.27 bits per heavy atom. The second kappa shape index (κ2) is 2.66. The van der Waals surface area contributed by atoms with Crippen molar-refractivity contribution in [3.63, 3.8) is 0 Å². The largest absolute Gasteiger partial charge is 0.480 e. The number of hydrogen-bond acceptors (Lipinski definition) is 2. The van der Waals surface area contributed by atoms with Crippen molar-refractivity contribution in [3.8, 4) is 0 Å². The molecule has 1 heterocycles. The van der Waals surface area contributed by atoms with Crippen molar-refractivity contribution >= 4 is 5.97 Å². The number of likely N-dealkylation sites (N-methyl/N-ethyl adjacent to an activating group) is 1. The molecular formula is C8H13NO2. The molecule has 0 radical (unpaired) electrons. The maximum absolute atomic E-state index is 10.6. The summed E-state index contributed by atoms with van der Waals surface area (Å²) in [5, 5.41) is 8.73. The van der Waals surface area contributed by atoms with Crippen LogP contribution in [0, 0.1) is 0 Å². The van der Waals surface area contributed by atoms with Crippen molar-refractivity contribution in [1.29, 1.82) is 0 Å². The van der Waals surface area contributed by atoms with Crippen molar-refractivity contribution in [3.05, 3.63) is 11.6 Å². The molecule has 3 heteroatoms. The van der Waals surface area contributed by atoms with Gasteiger partial charge in [-0.15, -0.1) is 0 Å². The number of rotatable bonds is 1. The van der Waals surface area contributed by atoms with Gasteiger partial charge in [0.25, 0.3) is 0 Å². The van der Waals surface area contributed by atoms with E-state index in [0.717, 1.165) is 5.57 Å². The van der Waals surface area contributed by atoms with Crippen LogP contribution in [0.4, 0.5) is 0 Å². The average molecular weight is 155 g/mol. The fourth-order valence-corrected chi connectivity index (χ4v) is 1.31. The van der Waals surface area contributed by atoms with Gasteiger partial charge in [0.2, 0.25) is 0 Å². The monoisotopic (exact) mass is 155 g/mol. The van der Waals surface area contributed by atoms with Gasteiger partial charge in [0.05, 0.1) is 0 Å². The summed E-state index contributed by atoms with van der Waals surface area (Å²) in [6, 6.07) is -0.166. The molecule has 2 unspecified atom stereocenters. The van der Waals surface area contributed by atoms with Gasteiger partial charge in [0.1, 0.15) is 6.04 Å². The molecule has 0 saturated heterocycles. The van der Waals surface area contributed by atoms with Gasteiger partial charge >= 0.3 is 5.97 Å². The molecule has 2 atom stereocenters. The van der Waals surface area contributed by atoms with Gasteiger partial charge in [-0.3, -0.25) is 9.69 Å². The van der Waals surface area contributed by atoms with E-state index < -0.39 is 12.0 Å². The van der Waals surface area contributed by atoms with Gasteiger partial charge in [-0.1, -0.05) is 11.6 Å². The lowest BCUT2D eigenvalue weighted by atomic mass is 10.2. The highest BCUT2D eigenvalue weighted by atomic mass is 16.4. The fraction of sp³-hybridized carbons (Fsp3) is 0.625. The first-order valence-electron chi connectivity index (χ1n) is 3.67. The average Bonchev–Trinajstić information content (AvgIpc) is 2.17. The highest BCUT2D eigenvalue weighted by Crippen LogP contribution is 2.20. The first-order chi connectivity index (χ1) is 5.04. The molecule has 0 saturated carbocycles. The number of carbonyl (C=O) groups is 1. The van der Waals surface area contributed by atoms with Crippen molar-refractivity contribution in [1.82, 2.24) is 4.90 Å². The summed E-state index contributed by atoms with van der Waals surface area (Å²) in [5.74, 6) is -0.767. The lowest BCUT2D eigenvalue weighted by Crippen LogP contribution is -2.37. The smallest absolute Gasteiger partial charge is 0.324 e. The van der Waals surface area contributed by atoms with Crippen LogP contribution in [0.2, 0.25) is 0 Å². The molecule has 0 aliphatic carbocycles. The molecule has 0 fully saturated rings. The predicted octanol–water partition coefficient (Wildman–Crippen LogP) is 0.720. The van der Waals surface area contributed by atoms with Gasteiger partial charge in [0, 0.05) is 6.04 Å². The van der Waals surface area contributed by atoms with Crippen LogP contribution in [0.3, 0.4) is 0 Å². The zero-order valence-corrected chi connectivity index (χ0v) is 7.03. The first-order valence-corrected chi connectivity index (χ1v) is 3.67. The van der Waals surface area contributed by atoms with Crippen LogP contribution in [-0.4, -0.2) is 35.1 Å². The Hall–Kier alpha value is -0.830. The molecule has 1 rings (SSSR count). The Balaban J connectivity index is 2.80. The molecule has 0 spiro atoms. The summed E-state index contributed by atoms with van der Waals surface area (Å²) in [6.07, 6.45) is 1.80. The van der Waals surface area contributed by atoms with Crippen molar-refractivity contribution in [2.24, 2.45) is 0 Å². The molecule has 3 nitrogen and oxygen atoms in total. The number of nitrogens with zero attached hydrogens (tertiary/aromatic N) is 1. The molecular weight excluding hydrogens is 142 g/mol. The Labute approximate surface area is 66.3 Å². The quantitative estimate of drug-likeness (QED) is 0.567.